The van der Waals surface area contributed by atoms with Gasteiger partial charge in [0.1, 0.15) is 11.4 Å². The summed E-state index contributed by atoms with van der Waals surface area (Å²) in [5.74, 6) is 1.30. The van der Waals surface area contributed by atoms with E-state index < -0.39 is 0 Å². The van der Waals surface area contributed by atoms with Crippen molar-refractivity contribution in [2.45, 2.75) is 32.2 Å². The van der Waals surface area contributed by atoms with Crippen molar-refractivity contribution in [2.24, 2.45) is 0 Å². The SMILES string of the molecule is CCN1CCN(c2nc(-c3ccccc3)ncc2C(=O)N[C@@H]2CCCc3ccccc32)CC1. The number of nitrogens with one attached hydrogen (secondary N) is 1. The van der Waals surface area contributed by atoms with Crippen molar-refractivity contribution in [1.29, 1.82) is 0 Å². The molecule has 6 nitrogen and oxygen atoms in total. The molecule has 2 aromatic carbocycles. The lowest BCUT2D eigenvalue weighted by atomic mass is 9.87. The first-order chi connectivity index (χ1) is 16.2. The van der Waals surface area contributed by atoms with Crippen LogP contribution in [0.25, 0.3) is 11.4 Å². The second-order valence-corrected chi connectivity index (χ2v) is 8.84. The lowest BCUT2D eigenvalue weighted by Gasteiger charge is -2.35. The quantitative estimate of drug-likeness (QED) is 0.646. The average Bonchev–Trinajstić information content (AvgIpc) is 2.89. The molecular weight excluding hydrogens is 410 g/mol. The van der Waals surface area contributed by atoms with Gasteiger partial charge in [0, 0.05) is 37.9 Å². The molecule has 0 radical (unpaired) electrons. The Morgan fingerprint density at radius 3 is 2.58 bits per heavy atom. The van der Waals surface area contributed by atoms with Crippen LogP contribution in [0.15, 0.2) is 60.8 Å². The van der Waals surface area contributed by atoms with Crippen molar-refractivity contribution in [2.75, 3.05) is 37.6 Å². The molecule has 1 aromatic heterocycles. The highest BCUT2D eigenvalue weighted by Crippen LogP contribution is 2.31. The molecule has 1 N–H and O–H groups in total. The van der Waals surface area contributed by atoms with Gasteiger partial charge in [-0.25, -0.2) is 9.97 Å². The van der Waals surface area contributed by atoms with Crippen molar-refractivity contribution >= 4 is 11.7 Å². The molecule has 1 fully saturated rings. The van der Waals surface area contributed by atoms with Crippen LogP contribution in [0, 0.1) is 0 Å². The van der Waals surface area contributed by atoms with Crippen LogP contribution < -0.4 is 10.2 Å². The van der Waals surface area contributed by atoms with Crippen molar-refractivity contribution in [3.63, 3.8) is 0 Å². The molecule has 1 aliphatic carbocycles. The number of anilines is 1. The van der Waals surface area contributed by atoms with Crippen molar-refractivity contribution in [1.82, 2.24) is 20.2 Å². The lowest BCUT2D eigenvalue weighted by molar-refractivity contribution is 0.0932. The smallest absolute Gasteiger partial charge is 0.257 e. The molecule has 0 saturated carbocycles. The number of hydrogen-bond donors (Lipinski definition) is 1. The van der Waals surface area contributed by atoms with Gasteiger partial charge in [-0.1, -0.05) is 61.5 Å². The third-order valence-corrected chi connectivity index (χ3v) is 6.84. The number of amides is 1. The Balaban J connectivity index is 1.45. The number of benzene rings is 2. The van der Waals surface area contributed by atoms with Crippen LogP contribution in [-0.2, 0) is 6.42 Å². The minimum Gasteiger partial charge on any atom is -0.353 e. The van der Waals surface area contributed by atoms with Gasteiger partial charge < -0.3 is 15.1 Å². The normalized spacial score (nSPS) is 18.6. The Bertz CT molecular complexity index is 1110. The molecule has 0 bridgehead atoms. The minimum absolute atomic E-state index is 0.0287. The van der Waals surface area contributed by atoms with Crippen LogP contribution in [0.4, 0.5) is 5.82 Å². The summed E-state index contributed by atoms with van der Waals surface area (Å²) in [6, 6.07) is 18.4. The minimum atomic E-state index is -0.0933. The Morgan fingerprint density at radius 2 is 1.79 bits per heavy atom. The van der Waals surface area contributed by atoms with Crippen LogP contribution in [0.2, 0.25) is 0 Å². The standard InChI is InChI=1S/C27H31N5O/c1-2-31-15-17-32(18-16-31)26-23(19-28-25(30-26)21-10-4-3-5-11-21)27(33)29-24-14-8-12-20-9-6-7-13-22(20)24/h3-7,9-11,13,19,24H,2,8,12,14-18H2,1H3,(H,29,33)/t24-/m1/s1. The summed E-state index contributed by atoms with van der Waals surface area (Å²) >= 11 is 0. The zero-order chi connectivity index (χ0) is 22.6. The van der Waals surface area contributed by atoms with Gasteiger partial charge in [-0.3, -0.25) is 4.79 Å². The first kappa shape index (κ1) is 21.6. The van der Waals surface area contributed by atoms with E-state index in [2.05, 4.69) is 51.3 Å². The zero-order valence-corrected chi connectivity index (χ0v) is 19.2. The second-order valence-electron chi connectivity index (χ2n) is 8.84. The first-order valence-electron chi connectivity index (χ1n) is 12.0. The molecular formula is C27H31N5O. The van der Waals surface area contributed by atoms with E-state index in [4.69, 9.17) is 4.98 Å². The molecule has 1 atom stereocenters. The molecule has 0 unspecified atom stereocenters. The van der Waals surface area contributed by atoms with Crippen LogP contribution in [0.5, 0.6) is 0 Å². The number of carbonyl (C=O) groups is 1. The number of aryl methyl sites for hydroxylation is 1. The predicted molar refractivity (Wildman–Crippen MR) is 131 cm³/mol. The molecule has 5 rings (SSSR count). The van der Waals surface area contributed by atoms with Gasteiger partial charge in [0.25, 0.3) is 5.91 Å². The van der Waals surface area contributed by atoms with E-state index in [9.17, 15) is 4.79 Å². The number of hydrogen-bond acceptors (Lipinski definition) is 5. The molecule has 1 amide bonds. The van der Waals surface area contributed by atoms with Gasteiger partial charge in [-0.05, 0) is 36.9 Å². The van der Waals surface area contributed by atoms with E-state index in [0.29, 0.717) is 11.4 Å². The molecule has 33 heavy (non-hydrogen) atoms. The Hall–Kier alpha value is -3.25. The summed E-state index contributed by atoms with van der Waals surface area (Å²) in [5.41, 5.74) is 4.08. The first-order valence-corrected chi connectivity index (χ1v) is 12.0. The molecule has 6 heteroatoms. The summed E-state index contributed by atoms with van der Waals surface area (Å²) < 4.78 is 0. The predicted octanol–water partition coefficient (Wildman–Crippen LogP) is 4.09. The summed E-state index contributed by atoms with van der Waals surface area (Å²) in [6.07, 6.45) is 4.82. The van der Waals surface area contributed by atoms with E-state index in [1.165, 1.54) is 11.1 Å². The van der Waals surface area contributed by atoms with E-state index >= 15 is 0 Å². The molecule has 1 aliphatic heterocycles. The van der Waals surface area contributed by atoms with Gasteiger partial charge >= 0.3 is 0 Å². The molecule has 2 heterocycles. The van der Waals surface area contributed by atoms with Crippen LogP contribution >= 0.6 is 0 Å². The summed E-state index contributed by atoms with van der Waals surface area (Å²) in [6.45, 7) is 6.88. The highest BCUT2D eigenvalue weighted by Gasteiger charge is 2.27. The van der Waals surface area contributed by atoms with E-state index in [-0.39, 0.29) is 11.9 Å². The highest BCUT2D eigenvalue weighted by molar-refractivity contribution is 5.99. The Kier molecular flexibility index (Phi) is 6.35. The molecule has 170 valence electrons. The van der Waals surface area contributed by atoms with Gasteiger partial charge in [-0.15, -0.1) is 0 Å². The van der Waals surface area contributed by atoms with E-state index in [1.807, 2.05) is 30.3 Å². The zero-order valence-electron chi connectivity index (χ0n) is 19.2. The average molecular weight is 442 g/mol. The van der Waals surface area contributed by atoms with Crippen molar-refractivity contribution < 1.29 is 4.79 Å². The maximum Gasteiger partial charge on any atom is 0.257 e. The van der Waals surface area contributed by atoms with Gasteiger partial charge in [0.15, 0.2) is 5.82 Å². The fourth-order valence-corrected chi connectivity index (χ4v) is 4.92. The Labute approximate surface area is 195 Å². The fourth-order valence-electron chi connectivity index (χ4n) is 4.92. The van der Waals surface area contributed by atoms with Crippen LogP contribution in [0.3, 0.4) is 0 Å². The number of carbonyl (C=O) groups excluding carboxylic acids is 1. The lowest BCUT2D eigenvalue weighted by Crippen LogP contribution is -2.47. The summed E-state index contributed by atoms with van der Waals surface area (Å²) in [4.78, 5) is 27.7. The maximum absolute atomic E-state index is 13.5. The van der Waals surface area contributed by atoms with Crippen LogP contribution in [0.1, 0.15) is 47.3 Å². The summed E-state index contributed by atoms with van der Waals surface area (Å²) in [7, 11) is 0. The molecule has 1 saturated heterocycles. The topological polar surface area (TPSA) is 61.4 Å². The monoisotopic (exact) mass is 441 g/mol. The third kappa shape index (κ3) is 4.62. The maximum atomic E-state index is 13.5. The van der Waals surface area contributed by atoms with Gasteiger partial charge in [-0.2, -0.15) is 0 Å². The number of likely N-dealkylation sites (N-methyl/N-ethyl adjacent to an activating group) is 1. The van der Waals surface area contributed by atoms with Crippen molar-refractivity contribution in [3.05, 3.63) is 77.5 Å². The Morgan fingerprint density at radius 1 is 1.03 bits per heavy atom. The van der Waals surface area contributed by atoms with Crippen LogP contribution in [-0.4, -0.2) is 53.5 Å². The largest absolute Gasteiger partial charge is 0.353 e. The number of aromatic nitrogens is 2. The third-order valence-electron chi connectivity index (χ3n) is 6.84. The van der Waals surface area contributed by atoms with E-state index in [1.54, 1.807) is 6.20 Å². The number of rotatable bonds is 5. The highest BCUT2D eigenvalue weighted by atomic mass is 16.1. The summed E-state index contributed by atoms with van der Waals surface area (Å²) in [5, 5.41) is 3.29. The van der Waals surface area contributed by atoms with Gasteiger partial charge in [0.2, 0.25) is 0 Å². The van der Waals surface area contributed by atoms with Gasteiger partial charge in [0.05, 0.1) is 6.04 Å². The second kappa shape index (κ2) is 9.71. The molecule has 3 aromatic rings. The number of piperazine rings is 1. The number of fused-ring (bicyclic) bond motifs is 1. The molecule has 2 aliphatic rings. The molecule has 0 spiro atoms. The number of nitrogens with zero attached hydrogens (tertiary/aromatic N) is 4. The van der Waals surface area contributed by atoms with Crippen molar-refractivity contribution in [3.8, 4) is 11.4 Å². The van der Waals surface area contributed by atoms with E-state index in [0.717, 1.165) is 63.4 Å². The fraction of sp³-hybridized carbons (Fsp3) is 0.370.